The van der Waals surface area contributed by atoms with Crippen LogP contribution in [0.1, 0.15) is 38.7 Å². The number of hydrogen-bond donors (Lipinski definition) is 2. The van der Waals surface area contributed by atoms with Gasteiger partial charge in [-0.05, 0) is 45.2 Å². The molecule has 2 atom stereocenters. The fourth-order valence-electron chi connectivity index (χ4n) is 2.90. The monoisotopic (exact) mass is 382 g/mol. The Hall–Kier alpha value is -1.93. The summed E-state index contributed by atoms with van der Waals surface area (Å²) in [5.41, 5.74) is -0.387. The first-order chi connectivity index (χ1) is 12.1. The number of nitrogens with one attached hydrogen (secondary N) is 1. The van der Waals surface area contributed by atoms with Gasteiger partial charge in [-0.15, -0.1) is 0 Å². The van der Waals surface area contributed by atoms with Gasteiger partial charge >= 0.3 is 5.97 Å². The first kappa shape index (κ1) is 20.4. The van der Waals surface area contributed by atoms with Crippen molar-refractivity contribution in [3.05, 3.63) is 29.8 Å². The van der Waals surface area contributed by atoms with Crippen LogP contribution in [0, 0.1) is 12.8 Å². The number of sulfonamides is 1. The Balaban J connectivity index is 2.14. The quantitative estimate of drug-likeness (QED) is 0.780. The van der Waals surface area contributed by atoms with E-state index >= 15 is 0 Å². The molecule has 0 aromatic heterocycles. The lowest BCUT2D eigenvalue weighted by Gasteiger charge is -2.33. The zero-order valence-corrected chi connectivity index (χ0v) is 16.2. The van der Waals surface area contributed by atoms with Crippen LogP contribution in [0.3, 0.4) is 0 Å². The van der Waals surface area contributed by atoms with Gasteiger partial charge in [0, 0.05) is 13.1 Å². The van der Waals surface area contributed by atoms with Gasteiger partial charge in [-0.3, -0.25) is 4.79 Å². The molecule has 1 aliphatic heterocycles. The highest BCUT2D eigenvalue weighted by Crippen LogP contribution is 2.25. The molecule has 0 saturated carbocycles. The Labute approximate surface area is 154 Å². The highest BCUT2D eigenvalue weighted by atomic mass is 32.2. The van der Waals surface area contributed by atoms with Crippen LogP contribution in [0.25, 0.3) is 0 Å². The Bertz CT molecular complexity index is 775. The summed E-state index contributed by atoms with van der Waals surface area (Å²) in [5.74, 6) is -2.08. The number of amides is 1. The zero-order chi connectivity index (χ0) is 19.5. The summed E-state index contributed by atoms with van der Waals surface area (Å²) in [6, 6.07) is 6.60. The summed E-state index contributed by atoms with van der Waals surface area (Å²) in [6.45, 7) is 5.43. The highest BCUT2D eigenvalue weighted by molar-refractivity contribution is 7.89. The molecule has 0 radical (unpaired) electrons. The van der Waals surface area contributed by atoms with E-state index in [1.165, 1.54) is 11.2 Å². The Kier molecular flexibility index (Phi) is 6.08. The molecule has 2 N–H and O–H groups in total. The van der Waals surface area contributed by atoms with Gasteiger partial charge in [-0.2, -0.15) is 4.31 Å². The maximum atomic E-state index is 12.8. The van der Waals surface area contributed by atoms with Gasteiger partial charge in [0.05, 0.1) is 10.8 Å². The molecule has 2 unspecified atom stereocenters. The van der Waals surface area contributed by atoms with Crippen LogP contribution in [0.4, 0.5) is 0 Å². The van der Waals surface area contributed by atoms with Crippen molar-refractivity contribution in [3.8, 4) is 0 Å². The van der Waals surface area contributed by atoms with Crippen LogP contribution in [0.15, 0.2) is 29.2 Å². The number of piperidine rings is 1. The third kappa shape index (κ3) is 4.24. The number of carboxylic acid groups (broad SMARTS) is 1. The van der Waals surface area contributed by atoms with E-state index in [9.17, 15) is 23.1 Å². The van der Waals surface area contributed by atoms with Gasteiger partial charge in [0.1, 0.15) is 5.54 Å². The normalized spacial score (nSPS) is 21.0. The minimum atomic E-state index is -3.67. The summed E-state index contributed by atoms with van der Waals surface area (Å²) >= 11 is 0. The van der Waals surface area contributed by atoms with Crippen molar-refractivity contribution in [3.63, 3.8) is 0 Å². The van der Waals surface area contributed by atoms with E-state index in [1.54, 1.807) is 31.2 Å². The van der Waals surface area contributed by atoms with E-state index in [2.05, 4.69) is 5.32 Å². The molecule has 1 heterocycles. The first-order valence-electron chi connectivity index (χ1n) is 8.72. The molecular formula is C18H26N2O5S. The van der Waals surface area contributed by atoms with Crippen LogP contribution in [-0.4, -0.2) is 48.3 Å². The summed E-state index contributed by atoms with van der Waals surface area (Å²) in [4.78, 5) is 24.1. The van der Waals surface area contributed by atoms with Gasteiger partial charge in [-0.25, -0.2) is 13.2 Å². The summed E-state index contributed by atoms with van der Waals surface area (Å²) in [6.07, 6.45) is 1.33. The number of carbonyl (C=O) groups is 2. The fourth-order valence-corrected chi connectivity index (χ4v) is 4.42. The van der Waals surface area contributed by atoms with E-state index < -0.39 is 33.4 Å². The second-order valence-corrected chi connectivity index (χ2v) is 8.93. The van der Waals surface area contributed by atoms with Crippen LogP contribution in [0.2, 0.25) is 0 Å². The predicted octanol–water partition coefficient (Wildman–Crippen LogP) is 1.77. The van der Waals surface area contributed by atoms with Crippen molar-refractivity contribution in [2.24, 2.45) is 5.92 Å². The average Bonchev–Trinajstić information content (AvgIpc) is 2.61. The number of aryl methyl sites for hydroxylation is 1. The van der Waals surface area contributed by atoms with Crippen LogP contribution in [0.5, 0.6) is 0 Å². The smallest absolute Gasteiger partial charge is 0.329 e. The molecule has 0 spiro atoms. The lowest BCUT2D eigenvalue weighted by Crippen LogP contribution is -2.55. The van der Waals surface area contributed by atoms with Gasteiger partial charge in [0.25, 0.3) is 0 Å². The second kappa shape index (κ2) is 7.75. The van der Waals surface area contributed by atoms with Crippen LogP contribution < -0.4 is 5.32 Å². The number of carboxylic acids is 1. The molecule has 2 rings (SSSR count). The van der Waals surface area contributed by atoms with Crippen molar-refractivity contribution in [1.29, 1.82) is 0 Å². The van der Waals surface area contributed by atoms with Crippen molar-refractivity contribution >= 4 is 21.9 Å². The minimum absolute atomic E-state index is 0.0570. The van der Waals surface area contributed by atoms with E-state index in [0.29, 0.717) is 19.4 Å². The molecule has 26 heavy (non-hydrogen) atoms. The number of rotatable bonds is 6. The highest BCUT2D eigenvalue weighted by Gasteiger charge is 2.38. The summed E-state index contributed by atoms with van der Waals surface area (Å²) in [5, 5.41) is 11.9. The molecule has 1 saturated heterocycles. The number of aliphatic carboxylic acids is 1. The Morgan fingerprint density at radius 1 is 1.31 bits per heavy atom. The maximum absolute atomic E-state index is 12.8. The number of nitrogens with zero attached hydrogens (tertiary/aromatic N) is 1. The molecule has 0 aliphatic carbocycles. The molecular weight excluding hydrogens is 356 g/mol. The fraction of sp³-hybridized carbons (Fsp3) is 0.556. The average molecular weight is 382 g/mol. The largest absolute Gasteiger partial charge is 0.480 e. The molecule has 1 amide bonds. The van der Waals surface area contributed by atoms with Crippen LogP contribution in [-0.2, 0) is 19.6 Å². The van der Waals surface area contributed by atoms with Crippen molar-refractivity contribution in [1.82, 2.24) is 9.62 Å². The Morgan fingerprint density at radius 3 is 2.46 bits per heavy atom. The molecule has 1 aromatic rings. The van der Waals surface area contributed by atoms with Crippen molar-refractivity contribution < 1.29 is 23.1 Å². The van der Waals surface area contributed by atoms with Gasteiger partial charge in [-0.1, -0.05) is 24.6 Å². The summed E-state index contributed by atoms with van der Waals surface area (Å²) < 4.78 is 26.9. The van der Waals surface area contributed by atoms with Crippen LogP contribution >= 0.6 is 0 Å². The topological polar surface area (TPSA) is 104 Å². The van der Waals surface area contributed by atoms with E-state index in [0.717, 1.165) is 5.56 Å². The second-order valence-electron chi connectivity index (χ2n) is 7.00. The van der Waals surface area contributed by atoms with Gasteiger partial charge in [0.2, 0.25) is 15.9 Å². The van der Waals surface area contributed by atoms with Gasteiger partial charge < -0.3 is 10.4 Å². The zero-order valence-electron chi connectivity index (χ0n) is 15.4. The lowest BCUT2D eigenvalue weighted by molar-refractivity contribution is -0.147. The standard InChI is InChI=1S/C18H26N2O5S/c1-4-18(3,17(22)23)19-16(21)14-6-5-11-20(12-14)26(24,25)15-9-7-13(2)8-10-15/h7-10,14H,4-6,11-12H2,1-3H3,(H,19,21)(H,22,23). The van der Waals surface area contributed by atoms with E-state index in [1.807, 2.05) is 6.92 Å². The van der Waals surface area contributed by atoms with Crippen molar-refractivity contribution in [2.45, 2.75) is 50.5 Å². The maximum Gasteiger partial charge on any atom is 0.329 e. The molecule has 8 heteroatoms. The SMILES string of the molecule is CCC(C)(NC(=O)C1CCCN(S(=O)(=O)c2ccc(C)cc2)C1)C(=O)O. The van der Waals surface area contributed by atoms with E-state index in [4.69, 9.17) is 0 Å². The number of benzene rings is 1. The first-order valence-corrected chi connectivity index (χ1v) is 10.2. The molecule has 144 valence electrons. The minimum Gasteiger partial charge on any atom is -0.480 e. The predicted molar refractivity (Wildman–Crippen MR) is 97.1 cm³/mol. The number of hydrogen-bond acceptors (Lipinski definition) is 4. The third-order valence-corrected chi connectivity index (χ3v) is 6.87. The van der Waals surface area contributed by atoms with E-state index in [-0.39, 0.29) is 17.9 Å². The molecule has 1 fully saturated rings. The number of carbonyl (C=O) groups excluding carboxylic acids is 1. The van der Waals surface area contributed by atoms with Crippen molar-refractivity contribution in [2.75, 3.05) is 13.1 Å². The molecule has 0 bridgehead atoms. The van der Waals surface area contributed by atoms with Gasteiger partial charge in [0.15, 0.2) is 0 Å². The Morgan fingerprint density at radius 2 is 1.92 bits per heavy atom. The molecule has 7 nitrogen and oxygen atoms in total. The lowest BCUT2D eigenvalue weighted by atomic mass is 9.94. The third-order valence-electron chi connectivity index (χ3n) is 4.99. The molecule has 1 aromatic carbocycles. The summed E-state index contributed by atoms with van der Waals surface area (Å²) in [7, 11) is -3.67. The molecule has 1 aliphatic rings.